The quantitative estimate of drug-likeness (QED) is 0.389. The number of benzene rings is 3. The highest BCUT2D eigenvalue weighted by Crippen LogP contribution is 2.48. The van der Waals surface area contributed by atoms with Crippen molar-refractivity contribution in [3.63, 3.8) is 0 Å². The summed E-state index contributed by atoms with van der Waals surface area (Å²) in [6.45, 7) is 0. The van der Waals surface area contributed by atoms with Crippen LogP contribution >= 0.6 is 0 Å². The minimum absolute atomic E-state index is 0.117. The van der Waals surface area contributed by atoms with Crippen LogP contribution in [0.1, 0.15) is 33.2 Å². The molecule has 1 unspecified atom stereocenters. The summed E-state index contributed by atoms with van der Waals surface area (Å²) in [6, 6.07) is 18.2. The smallest absolute Gasteiger partial charge is 0.416 e. The lowest BCUT2D eigenvalue weighted by atomic mass is 9.95. The first-order valence-electron chi connectivity index (χ1n) is 10.7. The van der Waals surface area contributed by atoms with Crippen LogP contribution in [0.5, 0.6) is 11.5 Å². The van der Waals surface area contributed by atoms with Gasteiger partial charge in [0.1, 0.15) is 17.2 Å². The number of para-hydroxylation sites is 1. The average Bonchev–Trinajstić information content (AvgIpc) is 3.42. The number of aromatic nitrogens is 2. The number of aromatic amines is 1. The average molecular weight is 479 g/mol. The van der Waals surface area contributed by atoms with E-state index in [1.165, 1.54) is 24.1 Å². The summed E-state index contributed by atoms with van der Waals surface area (Å²) in [6.07, 6.45) is -4.55. The van der Waals surface area contributed by atoms with Crippen LogP contribution in [0, 0.1) is 0 Å². The van der Waals surface area contributed by atoms with Gasteiger partial charge in [0.2, 0.25) is 0 Å². The van der Waals surface area contributed by atoms with Gasteiger partial charge in [-0.2, -0.15) is 18.3 Å². The fraction of sp³-hybridized carbons (Fsp3) is 0.154. The Labute approximate surface area is 198 Å². The molecule has 2 heterocycles. The fourth-order valence-corrected chi connectivity index (χ4v) is 4.40. The van der Waals surface area contributed by atoms with Gasteiger partial charge >= 0.3 is 6.18 Å². The van der Waals surface area contributed by atoms with Crippen LogP contribution in [0.25, 0.3) is 11.3 Å². The van der Waals surface area contributed by atoms with E-state index in [4.69, 9.17) is 9.47 Å². The summed E-state index contributed by atoms with van der Waals surface area (Å²) < 4.78 is 51.3. The number of nitrogens with one attached hydrogen (secondary N) is 1. The fourth-order valence-electron chi connectivity index (χ4n) is 4.40. The molecule has 4 aromatic rings. The Morgan fingerprint density at radius 2 is 1.69 bits per heavy atom. The Morgan fingerprint density at radius 1 is 0.943 bits per heavy atom. The highest BCUT2D eigenvalue weighted by Gasteiger charge is 2.44. The van der Waals surface area contributed by atoms with Crippen molar-refractivity contribution < 1.29 is 27.4 Å². The lowest BCUT2D eigenvalue weighted by Crippen LogP contribution is -2.30. The number of rotatable bonds is 5. The van der Waals surface area contributed by atoms with Gasteiger partial charge in [0.15, 0.2) is 0 Å². The van der Waals surface area contributed by atoms with Gasteiger partial charge in [-0.1, -0.05) is 24.3 Å². The van der Waals surface area contributed by atoms with Gasteiger partial charge in [-0.25, -0.2) is 0 Å². The third kappa shape index (κ3) is 3.78. The SMILES string of the molecule is COc1ccc(-c2n[nH]c3c2C(c2ccccc2OC)N(c2cccc(C(F)(F)F)c2)C3=O)cc1. The van der Waals surface area contributed by atoms with E-state index in [-0.39, 0.29) is 11.4 Å². The molecule has 0 saturated carbocycles. The van der Waals surface area contributed by atoms with Gasteiger partial charge in [-0.3, -0.25) is 14.8 Å². The first kappa shape index (κ1) is 22.5. The largest absolute Gasteiger partial charge is 0.497 e. The van der Waals surface area contributed by atoms with Crippen molar-refractivity contribution in [3.8, 4) is 22.8 Å². The molecule has 0 spiro atoms. The Bertz CT molecular complexity index is 1400. The highest BCUT2D eigenvalue weighted by atomic mass is 19.4. The number of carbonyl (C=O) groups is 1. The molecule has 6 nitrogen and oxygen atoms in total. The van der Waals surface area contributed by atoms with Crippen molar-refractivity contribution in [3.05, 3.63) is 95.2 Å². The van der Waals surface area contributed by atoms with Gasteiger partial charge in [0.25, 0.3) is 5.91 Å². The third-order valence-electron chi connectivity index (χ3n) is 6.02. The lowest BCUT2D eigenvalue weighted by Gasteiger charge is -2.28. The first-order valence-corrected chi connectivity index (χ1v) is 10.7. The lowest BCUT2D eigenvalue weighted by molar-refractivity contribution is -0.137. The second-order valence-electron chi connectivity index (χ2n) is 7.96. The molecule has 35 heavy (non-hydrogen) atoms. The molecule has 0 saturated heterocycles. The minimum atomic E-state index is -4.55. The number of methoxy groups -OCH3 is 2. The van der Waals surface area contributed by atoms with Crippen molar-refractivity contribution >= 4 is 11.6 Å². The molecule has 1 atom stereocenters. The number of H-pyrrole nitrogens is 1. The van der Waals surface area contributed by atoms with Gasteiger partial charge < -0.3 is 9.47 Å². The van der Waals surface area contributed by atoms with Crippen LogP contribution in [0.4, 0.5) is 18.9 Å². The molecule has 1 aromatic heterocycles. The zero-order valence-electron chi connectivity index (χ0n) is 18.8. The summed E-state index contributed by atoms with van der Waals surface area (Å²) >= 11 is 0. The molecule has 9 heteroatoms. The Morgan fingerprint density at radius 3 is 2.37 bits per heavy atom. The molecule has 5 rings (SSSR count). The zero-order valence-corrected chi connectivity index (χ0v) is 18.8. The second-order valence-corrected chi connectivity index (χ2v) is 7.96. The predicted molar refractivity (Wildman–Crippen MR) is 124 cm³/mol. The van der Waals surface area contributed by atoms with Crippen molar-refractivity contribution in [2.75, 3.05) is 19.1 Å². The number of nitrogens with zero attached hydrogens (tertiary/aromatic N) is 2. The van der Waals surface area contributed by atoms with E-state index in [2.05, 4.69) is 10.2 Å². The second kappa shape index (κ2) is 8.50. The summed E-state index contributed by atoms with van der Waals surface area (Å²) in [7, 11) is 3.06. The maximum atomic E-state index is 13.6. The minimum Gasteiger partial charge on any atom is -0.497 e. The number of halogens is 3. The van der Waals surface area contributed by atoms with E-state index in [1.807, 2.05) is 12.1 Å². The third-order valence-corrected chi connectivity index (χ3v) is 6.02. The zero-order chi connectivity index (χ0) is 24.7. The van der Waals surface area contributed by atoms with E-state index in [0.717, 1.165) is 17.7 Å². The van der Waals surface area contributed by atoms with Crippen LogP contribution in [-0.4, -0.2) is 30.3 Å². The molecule has 0 aliphatic carbocycles. The predicted octanol–water partition coefficient (Wildman–Crippen LogP) is 5.86. The van der Waals surface area contributed by atoms with Crippen LogP contribution in [0.15, 0.2) is 72.8 Å². The van der Waals surface area contributed by atoms with Gasteiger partial charge in [0, 0.05) is 22.4 Å². The number of hydrogen-bond acceptors (Lipinski definition) is 4. The monoisotopic (exact) mass is 479 g/mol. The number of amides is 1. The number of alkyl halides is 3. The number of fused-ring (bicyclic) bond motifs is 1. The Hall–Kier alpha value is -4.27. The normalized spacial score (nSPS) is 15.3. The Kier molecular flexibility index (Phi) is 5.47. The molecule has 0 fully saturated rings. The molecule has 0 radical (unpaired) electrons. The summed E-state index contributed by atoms with van der Waals surface area (Å²) in [5, 5.41) is 7.21. The number of hydrogen-bond donors (Lipinski definition) is 1. The molecule has 1 aliphatic heterocycles. The molecule has 1 N–H and O–H groups in total. The first-order chi connectivity index (χ1) is 16.8. The molecular weight excluding hydrogens is 459 g/mol. The van der Waals surface area contributed by atoms with Crippen LogP contribution in [0.2, 0.25) is 0 Å². The summed E-state index contributed by atoms with van der Waals surface area (Å²) in [5.41, 5.74) is 1.90. The van der Waals surface area contributed by atoms with Gasteiger partial charge in [-0.15, -0.1) is 0 Å². The van der Waals surface area contributed by atoms with Crippen LogP contribution in [0.3, 0.4) is 0 Å². The number of ether oxygens (including phenoxy) is 2. The summed E-state index contributed by atoms with van der Waals surface area (Å²) in [5.74, 6) is 0.670. The Balaban J connectivity index is 1.72. The van der Waals surface area contributed by atoms with Crippen LogP contribution < -0.4 is 14.4 Å². The van der Waals surface area contributed by atoms with E-state index >= 15 is 0 Å². The molecule has 3 aromatic carbocycles. The van der Waals surface area contributed by atoms with Gasteiger partial charge in [0.05, 0.1) is 31.5 Å². The molecule has 1 amide bonds. The van der Waals surface area contributed by atoms with E-state index in [9.17, 15) is 18.0 Å². The number of carbonyl (C=O) groups excluding carboxylic acids is 1. The molecular formula is C26H20F3N3O3. The molecule has 178 valence electrons. The van der Waals surface area contributed by atoms with E-state index in [1.54, 1.807) is 43.5 Å². The van der Waals surface area contributed by atoms with E-state index in [0.29, 0.717) is 28.3 Å². The number of anilines is 1. The summed E-state index contributed by atoms with van der Waals surface area (Å²) in [4.78, 5) is 14.9. The topological polar surface area (TPSA) is 67.5 Å². The van der Waals surface area contributed by atoms with Crippen molar-refractivity contribution in [1.29, 1.82) is 0 Å². The van der Waals surface area contributed by atoms with Crippen LogP contribution in [-0.2, 0) is 6.18 Å². The maximum absolute atomic E-state index is 13.6. The molecule has 0 bridgehead atoms. The van der Waals surface area contributed by atoms with Gasteiger partial charge in [-0.05, 0) is 48.5 Å². The van der Waals surface area contributed by atoms with Crippen molar-refractivity contribution in [2.45, 2.75) is 12.2 Å². The molecule has 1 aliphatic rings. The van der Waals surface area contributed by atoms with Crippen molar-refractivity contribution in [2.24, 2.45) is 0 Å². The van der Waals surface area contributed by atoms with E-state index < -0.39 is 23.7 Å². The maximum Gasteiger partial charge on any atom is 0.416 e. The standard InChI is InChI=1S/C26H20F3N3O3/c1-34-18-12-10-15(11-13-18)22-21-23(31-30-22)25(33)32(17-7-5-6-16(14-17)26(27,28)29)24(21)19-8-3-4-9-20(19)35-2/h3-14,24H,1-2H3,(H,30,31). The highest BCUT2D eigenvalue weighted by molar-refractivity contribution is 6.12. The van der Waals surface area contributed by atoms with Crippen molar-refractivity contribution in [1.82, 2.24) is 10.2 Å².